The first-order valence-corrected chi connectivity index (χ1v) is 11.8. The van der Waals surface area contributed by atoms with Crippen molar-refractivity contribution in [3.63, 3.8) is 0 Å². The van der Waals surface area contributed by atoms with Gasteiger partial charge in [0.05, 0.1) is 22.9 Å². The van der Waals surface area contributed by atoms with Crippen LogP contribution in [0, 0.1) is 0 Å². The lowest BCUT2D eigenvalue weighted by Gasteiger charge is -2.34. The Morgan fingerprint density at radius 3 is 2.57 bits per heavy atom. The summed E-state index contributed by atoms with van der Waals surface area (Å²) in [7, 11) is 2.11. The number of urea groups is 1. The Kier molecular flexibility index (Phi) is 8.15. The second kappa shape index (κ2) is 11.7. The molecule has 0 spiro atoms. The van der Waals surface area contributed by atoms with Gasteiger partial charge in [-0.2, -0.15) is 0 Å². The summed E-state index contributed by atoms with van der Waals surface area (Å²) in [5.74, 6) is 6.00. The van der Waals surface area contributed by atoms with Crippen LogP contribution in [0.5, 0.6) is 0 Å². The number of carbonyl (C=O) groups is 2. The second-order valence-electron chi connectivity index (χ2n) is 8.71. The normalized spacial score (nSPS) is 15.1. The molecule has 182 valence electrons. The van der Waals surface area contributed by atoms with Gasteiger partial charge in [0.15, 0.2) is 5.78 Å². The fourth-order valence-corrected chi connectivity index (χ4v) is 4.01. The molecule has 2 heterocycles. The summed E-state index contributed by atoms with van der Waals surface area (Å²) >= 11 is 0. The van der Waals surface area contributed by atoms with E-state index in [9.17, 15) is 9.59 Å². The van der Waals surface area contributed by atoms with Gasteiger partial charge in [0.25, 0.3) is 0 Å². The van der Waals surface area contributed by atoms with E-state index in [0.717, 1.165) is 37.0 Å². The van der Waals surface area contributed by atoms with E-state index in [4.69, 9.17) is 5.84 Å². The maximum atomic E-state index is 12.5. The number of amides is 2. The van der Waals surface area contributed by atoms with E-state index in [2.05, 4.69) is 32.5 Å². The van der Waals surface area contributed by atoms with Crippen LogP contribution >= 0.6 is 0 Å². The van der Waals surface area contributed by atoms with Crippen molar-refractivity contribution in [2.45, 2.75) is 18.9 Å². The lowest BCUT2D eigenvalue weighted by Crippen LogP contribution is -2.50. The molecule has 2 amide bonds. The summed E-state index contributed by atoms with van der Waals surface area (Å²) in [6, 6.07) is 14.4. The van der Waals surface area contributed by atoms with Crippen LogP contribution in [-0.4, -0.2) is 71.0 Å². The number of hydrogen-bond donors (Lipinski definition) is 3. The van der Waals surface area contributed by atoms with Gasteiger partial charge in [-0.1, -0.05) is 12.1 Å². The summed E-state index contributed by atoms with van der Waals surface area (Å²) in [4.78, 5) is 35.8. The maximum absolute atomic E-state index is 12.5. The molecule has 0 radical (unpaired) electrons. The van der Waals surface area contributed by atoms with E-state index in [0.29, 0.717) is 36.1 Å². The highest BCUT2D eigenvalue weighted by Crippen LogP contribution is 2.14. The van der Waals surface area contributed by atoms with Crippen molar-refractivity contribution in [3.05, 3.63) is 72.1 Å². The molecule has 2 aromatic carbocycles. The molecule has 1 aliphatic rings. The summed E-state index contributed by atoms with van der Waals surface area (Å²) < 4.78 is 0. The Bertz CT molecular complexity index is 1190. The van der Waals surface area contributed by atoms with Gasteiger partial charge in [0.2, 0.25) is 0 Å². The zero-order valence-electron chi connectivity index (χ0n) is 19.9. The number of carbonyl (C=O) groups excluding carboxylic acids is 2. The molecule has 1 aliphatic heterocycles. The van der Waals surface area contributed by atoms with E-state index in [1.165, 1.54) is 6.08 Å². The van der Waals surface area contributed by atoms with E-state index >= 15 is 0 Å². The van der Waals surface area contributed by atoms with Crippen molar-refractivity contribution in [2.75, 3.05) is 38.5 Å². The minimum atomic E-state index is -0.310. The van der Waals surface area contributed by atoms with Crippen LogP contribution in [0.2, 0.25) is 0 Å². The summed E-state index contributed by atoms with van der Waals surface area (Å²) in [6.07, 6.45) is 6.82. The number of hydrazine groups is 1. The Balaban J connectivity index is 1.23. The average molecular weight is 474 g/mol. The van der Waals surface area contributed by atoms with Gasteiger partial charge >= 0.3 is 6.03 Å². The molecule has 1 saturated heterocycles. The van der Waals surface area contributed by atoms with Crippen LogP contribution in [0.3, 0.4) is 0 Å². The average Bonchev–Trinajstić information content (AvgIpc) is 2.88. The number of allylic oxidation sites excluding steroid dienone is 1. The van der Waals surface area contributed by atoms with Gasteiger partial charge in [0.1, 0.15) is 0 Å². The minimum absolute atomic E-state index is 0.159. The summed E-state index contributed by atoms with van der Waals surface area (Å²) in [5.41, 5.74) is 3.30. The highest BCUT2D eigenvalue weighted by molar-refractivity contribution is 6.07. The predicted molar refractivity (Wildman–Crippen MR) is 138 cm³/mol. The van der Waals surface area contributed by atoms with Crippen molar-refractivity contribution in [1.29, 1.82) is 0 Å². The maximum Gasteiger partial charge on any atom is 0.319 e. The molecular weight excluding hydrogens is 442 g/mol. The lowest BCUT2D eigenvalue weighted by molar-refractivity contribution is 0.104. The van der Waals surface area contributed by atoms with Crippen LogP contribution in [-0.2, 0) is 0 Å². The Morgan fingerprint density at radius 1 is 1.11 bits per heavy atom. The van der Waals surface area contributed by atoms with Crippen LogP contribution in [0.4, 0.5) is 10.5 Å². The fourth-order valence-electron chi connectivity index (χ4n) is 4.01. The summed E-state index contributed by atoms with van der Waals surface area (Å²) in [6.45, 7) is 3.12. The monoisotopic (exact) mass is 473 g/mol. The third-order valence-electron chi connectivity index (χ3n) is 6.11. The smallest absolute Gasteiger partial charge is 0.319 e. The van der Waals surface area contributed by atoms with Gasteiger partial charge in [0, 0.05) is 30.4 Å². The number of nitrogens with two attached hydrogens (primary N) is 1. The largest absolute Gasteiger partial charge is 0.337 e. The number of benzene rings is 2. The number of ketones is 1. The van der Waals surface area contributed by atoms with Crippen molar-refractivity contribution in [3.8, 4) is 0 Å². The zero-order valence-corrected chi connectivity index (χ0v) is 19.9. The van der Waals surface area contributed by atoms with Crippen molar-refractivity contribution in [1.82, 2.24) is 25.2 Å². The first-order valence-electron chi connectivity index (χ1n) is 11.8. The van der Waals surface area contributed by atoms with Gasteiger partial charge in [-0.05, 0) is 81.5 Å². The molecule has 0 atom stereocenters. The molecule has 4 rings (SSSR count). The number of fused-ring (bicyclic) bond motifs is 1. The van der Waals surface area contributed by atoms with Crippen LogP contribution < -0.4 is 16.5 Å². The predicted octanol–water partition coefficient (Wildman–Crippen LogP) is 2.92. The van der Waals surface area contributed by atoms with Crippen LogP contribution in [0.25, 0.3) is 17.1 Å². The number of aromatic nitrogens is 2. The quantitative estimate of drug-likeness (QED) is 0.199. The molecule has 3 aromatic rings. The number of nitrogens with one attached hydrogen (secondary N) is 2. The third-order valence-corrected chi connectivity index (χ3v) is 6.11. The number of hydrogen-bond acceptors (Lipinski definition) is 7. The van der Waals surface area contributed by atoms with Crippen LogP contribution in [0.1, 0.15) is 28.9 Å². The first-order chi connectivity index (χ1) is 17.0. The number of rotatable bonds is 8. The molecule has 1 aromatic heterocycles. The van der Waals surface area contributed by atoms with Gasteiger partial charge < -0.3 is 15.5 Å². The molecule has 1 fully saturated rings. The topological polar surface area (TPSA) is 116 Å². The van der Waals surface area contributed by atoms with Crippen LogP contribution in [0.15, 0.2) is 60.8 Å². The number of nitrogens with zero attached hydrogens (tertiary/aromatic N) is 4. The fraction of sp³-hybridized carbons (Fsp3) is 0.308. The molecule has 9 heteroatoms. The van der Waals surface area contributed by atoms with E-state index in [-0.39, 0.29) is 11.8 Å². The molecule has 35 heavy (non-hydrogen) atoms. The first kappa shape index (κ1) is 24.5. The molecule has 0 bridgehead atoms. The Hall–Kier alpha value is -3.66. The molecule has 0 saturated carbocycles. The van der Waals surface area contributed by atoms with E-state index in [1.54, 1.807) is 36.5 Å². The van der Waals surface area contributed by atoms with Crippen molar-refractivity contribution < 1.29 is 9.59 Å². The Morgan fingerprint density at radius 2 is 1.83 bits per heavy atom. The minimum Gasteiger partial charge on any atom is -0.337 e. The molecule has 9 nitrogen and oxygen atoms in total. The van der Waals surface area contributed by atoms with Crippen molar-refractivity contribution in [2.24, 2.45) is 5.84 Å². The number of para-hydroxylation sites is 2. The van der Waals surface area contributed by atoms with E-state index < -0.39 is 0 Å². The number of piperidine rings is 1. The zero-order chi connectivity index (χ0) is 24.6. The Labute approximate surface area is 205 Å². The van der Waals surface area contributed by atoms with Gasteiger partial charge in [-0.3, -0.25) is 15.6 Å². The second-order valence-corrected chi connectivity index (χ2v) is 8.71. The highest BCUT2D eigenvalue weighted by Gasteiger charge is 2.20. The highest BCUT2D eigenvalue weighted by atomic mass is 16.2. The SMILES string of the molecule is CN1CCC(N(N)CCNC(=O)Nc2ccc(C(=O)C=Cc3cnc4ccccc4n3)cc2)CC1. The van der Waals surface area contributed by atoms with Crippen molar-refractivity contribution >= 4 is 34.6 Å². The van der Waals surface area contributed by atoms with E-state index in [1.807, 2.05) is 29.3 Å². The molecule has 0 aliphatic carbocycles. The third kappa shape index (κ3) is 6.92. The number of anilines is 1. The lowest BCUT2D eigenvalue weighted by atomic mass is 10.1. The molecule has 4 N–H and O–H groups in total. The van der Waals surface area contributed by atoms with Gasteiger partial charge in [-0.25, -0.2) is 14.8 Å². The summed E-state index contributed by atoms with van der Waals surface area (Å²) in [5, 5.41) is 7.43. The van der Waals surface area contributed by atoms with Gasteiger partial charge in [-0.15, -0.1) is 0 Å². The molecular formula is C26H31N7O2. The number of likely N-dealkylation sites (tertiary alicyclic amines) is 1. The standard InChI is InChI=1S/C26H31N7O2/c1-32-15-12-22(13-16-32)33(27)17-14-28-26(35)31-20-8-6-19(7-9-20)25(34)11-10-21-18-29-23-4-2-3-5-24(23)30-21/h2-11,18,22H,12-17,27H2,1H3,(H2,28,31,35). The molecule has 0 unspecified atom stereocenters.